The number of carboxylic acids is 1. The molecule has 0 saturated heterocycles. The maximum atomic E-state index is 13.1. The molecule has 88 valence electrons. The van der Waals surface area contributed by atoms with Gasteiger partial charge in [0.15, 0.2) is 0 Å². The summed E-state index contributed by atoms with van der Waals surface area (Å²) in [5.41, 5.74) is -1.80. The molecule has 0 spiro atoms. The van der Waals surface area contributed by atoms with Gasteiger partial charge in [0.1, 0.15) is 22.9 Å². The number of carbonyl (C=O) groups is 1. The van der Waals surface area contributed by atoms with Crippen LogP contribution in [0.3, 0.4) is 0 Å². The van der Waals surface area contributed by atoms with Crippen molar-refractivity contribution in [2.24, 2.45) is 0 Å². The fourth-order valence-electron chi connectivity index (χ4n) is 1.07. The second-order valence-electron chi connectivity index (χ2n) is 2.85. The second kappa shape index (κ2) is 3.99. The Balaban J connectivity index is 3.41. The first-order chi connectivity index (χ1) is 7.30. The van der Waals surface area contributed by atoms with Gasteiger partial charge in [-0.15, -0.1) is 0 Å². The number of alkyl halides is 2. The predicted molar refractivity (Wildman–Crippen MR) is 44.4 cm³/mol. The van der Waals surface area contributed by atoms with E-state index in [-0.39, 0.29) is 5.75 Å². The predicted octanol–water partition coefficient (Wildman–Crippen LogP) is 2.15. The van der Waals surface area contributed by atoms with Crippen LogP contribution in [0, 0.1) is 11.6 Å². The van der Waals surface area contributed by atoms with Gasteiger partial charge in [-0.3, -0.25) is 0 Å². The van der Waals surface area contributed by atoms with Gasteiger partial charge in [0.05, 0.1) is 7.11 Å². The molecule has 0 bridgehead atoms. The third kappa shape index (κ3) is 1.93. The van der Waals surface area contributed by atoms with E-state index in [0.29, 0.717) is 12.1 Å². The van der Waals surface area contributed by atoms with Gasteiger partial charge >= 0.3 is 11.9 Å². The summed E-state index contributed by atoms with van der Waals surface area (Å²) in [5.74, 6) is -10.9. The largest absolute Gasteiger partial charge is 0.497 e. The molecule has 1 aromatic rings. The highest BCUT2D eigenvalue weighted by atomic mass is 19.3. The van der Waals surface area contributed by atoms with Crippen molar-refractivity contribution in [3.63, 3.8) is 0 Å². The molecule has 7 heteroatoms. The Morgan fingerprint density at radius 3 is 2.06 bits per heavy atom. The first-order valence-corrected chi connectivity index (χ1v) is 3.95. The molecule has 0 heterocycles. The quantitative estimate of drug-likeness (QED) is 0.820. The number of benzene rings is 1. The van der Waals surface area contributed by atoms with E-state index < -0.39 is 29.1 Å². The lowest BCUT2D eigenvalue weighted by Gasteiger charge is -2.14. The van der Waals surface area contributed by atoms with E-state index in [2.05, 4.69) is 4.74 Å². The van der Waals surface area contributed by atoms with Crippen molar-refractivity contribution in [3.05, 3.63) is 29.3 Å². The van der Waals surface area contributed by atoms with E-state index in [9.17, 15) is 22.4 Å². The molecule has 0 fully saturated rings. The van der Waals surface area contributed by atoms with Gasteiger partial charge in [0.2, 0.25) is 0 Å². The minimum absolute atomic E-state index is 0.320. The summed E-state index contributed by atoms with van der Waals surface area (Å²) in [5, 5.41) is 8.16. The average Bonchev–Trinajstić information content (AvgIpc) is 2.15. The summed E-state index contributed by atoms with van der Waals surface area (Å²) in [6.45, 7) is 0. The summed E-state index contributed by atoms with van der Waals surface area (Å²) in [6, 6.07) is 0.963. The van der Waals surface area contributed by atoms with Crippen LogP contribution in [0.15, 0.2) is 12.1 Å². The molecule has 0 amide bonds. The van der Waals surface area contributed by atoms with E-state index in [4.69, 9.17) is 5.11 Å². The maximum Gasteiger partial charge on any atom is 0.379 e. The first-order valence-electron chi connectivity index (χ1n) is 3.95. The standard InChI is InChI=1S/C9H6F4O3/c1-16-4-2-5(10)7(6(11)3-4)9(12,13)8(14)15/h2-3H,1H3,(H,14,15). The molecule has 0 saturated carbocycles. The molecule has 0 aliphatic rings. The minimum Gasteiger partial charge on any atom is -0.497 e. The van der Waals surface area contributed by atoms with Crippen molar-refractivity contribution in [1.82, 2.24) is 0 Å². The molecule has 0 radical (unpaired) electrons. The molecule has 0 atom stereocenters. The van der Waals surface area contributed by atoms with Crippen molar-refractivity contribution in [2.45, 2.75) is 5.92 Å². The molecular formula is C9H6F4O3. The van der Waals surface area contributed by atoms with Crippen LogP contribution in [0.4, 0.5) is 17.6 Å². The molecule has 16 heavy (non-hydrogen) atoms. The summed E-state index contributed by atoms with van der Waals surface area (Å²) in [6.07, 6.45) is 0. The third-order valence-electron chi connectivity index (χ3n) is 1.83. The van der Waals surface area contributed by atoms with Crippen molar-refractivity contribution < 1.29 is 32.2 Å². The van der Waals surface area contributed by atoms with Crippen molar-refractivity contribution >= 4 is 5.97 Å². The van der Waals surface area contributed by atoms with Gasteiger partial charge in [0.25, 0.3) is 0 Å². The Morgan fingerprint density at radius 1 is 1.31 bits per heavy atom. The van der Waals surface area contributed by atoms with Crippen molar-refractivity contribution in [1.29, 1.82) is 0 Å². The Morgan fingerprint density at radius 2 is 1.75 bits per heavy atom. The normalized spacial score (nSPS) is 11.3. The van der Waals surface area contributed by atoms with Crippen molar-refractivity contribution in [3.8, 4) is 5.75 Å². The van der Waals surface area contributed by atoms with E-state index in [1.165, 1.54) is 0 Å². The lowest BCUT2D eigenvalue weighted by Crippen LogP contribution is -2.28. The maximum absolute atomic E-state index is 13.1. The zero-order valence-electron chi connectivity index (χ0n) is 7.93. The minimum atomic E-state index is -4.62. The zero-order valence-corrected chi connectivity index (χ0v) is 7.93. The number of ether oxygens (including phenoxy) is 1. The van der Waals surface area contributed by atoms with E-state index in [0.717, 1.165) is 7.11 Å². The molecular weight excluding hydrogens is 232 g/mol. The van der Waals surface area contributed by atoms with Crippen LogP contribution in [0.5, 0.6) is 5.75 Å². The lowest BCUT2D eigenvalue weighted by atomic mass is 10.1. The lowest BCUT2D eigenvalue weighted by molar-refractivity contribution is -0.167. The van der Waals surface area contributed by atoms with E-state index in [1.54, 1.807) is 0 Å². The number of hydrogen-bond donors (Lipinski definition) is 1. The molecule has 0 unspecified atom stereocenters. The van der Waals surface area contributed by atoms with Crippen LogP contribution in [0.25, 0.3) is 0 Å². The number of hydrogen-bond acceptors (Lipinski definition) is 2. The number of methoxy groups -OCH3 is 1. The third-order valence-corrected chi connectivity index (χ3v) is 1.83. The second-order valence-corrected chi connectivity index (χ2v) is 2.85. The number of aliphatic carboxylic acids is 1. The van der Waals surface area contributed by atoms with Crippen molar-refractivity contribution in [2.75, 3.05) is 7.11 Å². The monoisotopic (exact) mass is 238 g/mol. The molecule has 0 aromatic heterocycles. The van der Waals surface area contributed by atoms with Gasteiger partial charge in [0, 0.05) is 12.1 Å². The number of rotatable bonds is 3. The zero-order chi connectivity index (χ0) is 12.5. The molecule has 1 rings (SSSR count). The van der Waals surface area contributed by atoms with Crippen LogP contribution in [-0.4, -0.2) is 18.2 Å². The number of halogens is 4. The molecule has 1 aromatic carbocycles. The van der Waals surface area contributed by atoms with Gasteiger partial charge in [-0.2, -0.15) is 8.78 Å². The average molecular weight is 238 g/mol. The fraction of sp³-hybridized carbons (Fsp3) is 0.222. The topological polar surface area (TPSA) is 46.5 Å². The first kappa shape index (κ1) is 12.3. The Kier molecular flexibility index (Phi) is 3.06. The Hall–Kier alpha value is -1.79. The van der Waals surface area contributed by atoms with Gasteiger partial charge in [-0.1, -0.05) is 0 Å². The number of carboxylic acid groups (broad SMARTS) is 1. The highest BCUT2D eigenvalue weighted by Crippen LogP contribution is 2.34. The molecule has 1 N–H and O–H groups in total. The summed E-state index contributed by atoms with van der Waals surface area (Å²) >= 11 is 0. The fourth-order valence-corrected chi connectivity index (χ4v) is 1.07. The Labute approximate surface area is 87.3 Å². The molecule has 3 nitrogen and oxygen atoms in total. The Bertz CT molecular complexity index is 408. The van der Waals surface area contributed by atoms with E-state index >= 15 is 0 Å². The SMILES string of the molecule is COc1cc(F)c(C(F)(F)C(=O)O)c(F)c1. The summed E-state index contributed by atoms with van der Waals surface area (Å²) < 4.78 is 56.4. The van der Waals surface area contributed by atoms with Gasteiger partial charge in [-0.25, -0.2) is 13.6 Å². The van der Waals surface area contributed by atoms with Crippen LogP contribution in [-0.2, 0) is 10.7 Å². The van der Waals surface area contributed by atoms with Crippen LogP contribution in [0.2, 0.25) is 0 Å². The van der Waals surface area contributed by atoms with Crippen LogP contribution < -0.4 is 4.74 Å². The highest BCUT2D eigenvalue weighted by molar-refractivity contribution is 5.77. The summed E-state index contributed by atoms with van der Waals surface area (Å²) in [4.78, 5) is 10.2. The van der Waals surface area contributed by atoms with Crippen LogP contribution in [0.1, 0.15) is 5.56 Å². The summed E-state index contributed by atoms with van der Waals surface area (Å²) in [7, 11) is 1.09. The molecule has 0 aliphatic carbocycles. The van der Waals surface area contributed by atoms with Crippen LogP contribution >= 0.6 is 0 Å². The van der Waals surface area contributed by atoms with E-state index in [1.807, 2.05) is 0 Å². The van der Waals surface area contributed by atoms with Gasteiger partial charge < -0.3 is 9.84 Å². The highest BCUT2D eigenvalue weighted by Gasteiger charge is 2.46. The molecule has 0 aliphatic heterocycles. The van der Waals surface area contributed by atoms with Gasteiger partial charge in [-0.05, 0) is 0 Å². The smallest absolute Gasteiger partial charge is 0.379 e.